The van der Waals surface area contributed by atoms with Gasteiger partial charge in [0.15, 0.2) is 0 Å². The minimum absolute atomic E-state index is 0.00684. The second-order valence-corrected chi connectivity index (χ2v) is 8.52. The highest BCUT2D eigenvalue weighted by molar-refractivity contribution is 8.00. The monoisotopic (exact) mass is 375 g/mol. The van der Waals surface area contributed by atoms with Crippen molar-refractivity contribution >= 4 is 23.5 Å². The van der Waals surface area contributed by atoms with E-state index in [-0.39, 0.29) is 35.3 Å². The number of carbonyl (C=O) groups is 2. The van der Waals surface area contributed by atoms with Gasteiger partial charge in [-0.1, -0.05) is 49.6 Å². The van der Waals surface area contributed by atoms with Crippen molar-refractivity contribution in [2.75, 3.05) is 26.0 Å². The average Bonchev–Trinajstić information content (AvgIpc) is 3.17. The van der Waals surface area contributed by atoms with Crippen molar-refractivity contribution in [2.45, 2.75) is 49.8 Å². The summed E-state index contributed by atoms with van der Waals surface area (Å²) < 4.78 is 5.46. The van der Waals surface area contributed by atoms with Crippen LogP contribution in [0.4, 0.5) is 0 Å². The van der Waals surface area contributed by atoms with Gasteiger partial charge in [-0.25, -0.2) is 0 Å². The maximum absolute atomic E-state index is 12.9. The summed E-state index contributed by atoms with van der Waals surface area (Å²) in [4.78, 5) is 27.4. The lowest BCUT2D eigenvalue weighted by Crippen LogP contribution is -2.41. The number of amides is 1. The number of rotatable bonds is 7. The van der Waals surface area contributed by atoms with Gasteiger partial charge in [0.2, 0.25) is 5.91 Å². The Morgan fingerprint density at radius 3 is 2.62 bits per heavy atom. The number of thioether (sulfide) groups is 1. The molecular weight excluding hydrogens is 346 g/mol. The van der Waals surface area contributed by atoms with Gasteiger partial charge >= 0.3 is 0 Å². The molecule has 2 unspecified atom stereocenters. The van der Waals surface area contributed by atoms with E-state index in [1.807, 2.05) is 23.1 Å². The summed E-state index contributed by atoms with van der Waals surface area (Å²) in [6, 6.07) is 10.2. The van der Waals surface area contributed by atoms with Gasteiger partial charge < -0.3 is 9.64 Å². The Kier molecular flexibility index (Phi) is 7.15. The molecule has 1 aromatic carbocycles. The normalized spacial score (nSPS) is 22.3. The molecule has 0 radical (unpaired) electrons. The van der Waals surface area contributed by atoms with Crippen LogP contribution in [-0.4, -0.2) is 48.0 Å². The lowest BCUT2D eigenvalue weighted by Gasteiger charge is -2.31. The second kappa shape index (κ2) is 9.56. The molecule has 0 bridgehead atoms. The third-order valence-electron chi connectivity index (χ3n) is 5.55. The highest BCUT2D eigenvalue weighted by Crippen LogP contribution is 2.36. The fourth-order valence-corrected chi connectivity index (χ4v) is 5.55. The van der Waals surface area contributed by atoms with E-state index >= 15 is 0 Å². The van der Waals surface area contributed by atoms with Crippen LogP contribution in [0.25, 0.3) is 0 Å². The Morgan fingerprint density at radius 2 is 1.92 bits per heavy atom. The van der Waals surface area contributed by atoms with E-state index in [2.05, 4.69) is 12.1 Å². The zero-order chi connectivity index (χ0) is 18.4. The van der Waals surface area contributed by atoms with Gasteiger partial charge in [0.05, 0.1) is 18.4 Å². The number of benzene rings is 1. The van der Waals surface area contributed by atoms with Crippen LogP contribution in [0.3, 0.4) is 0 Å². The van der Waals surface area contributed by atoms with Crippen molar-refractivity contribution in [1.29, 1.82) is 0 Å². The van der Waals surface area contributed by atoms with E-state index in [0.717, 1.165) is 38.0 Å². The molecular formula is C21H29NO3S. The molecule has 5 heteroatoms. The first-order valence-corrected chi connectivity index (χ1v) is 10.7. The van der Waals surface area contributed by atoms with Gasteiger partial charge in [0.1, 0.15) is 5.78 Å². The van der Waals surface area contributed by atoms with Crippen LogP contribution < -0.4 is 0 Å². The van der Waals surface area contributed by atoms with E-state index in [0.29, 0.717) is 6.61 Å². The Hall–Kier alpha value is -1.33. The quantitative estimate of drug-likeness (QED) is 0.679. The second-order valence-electron chi connectivity index (χ2n) is 7.30. The van der Waals surface area contributed by atoms with E-state index in [1.165, 1.54) is 12.0 Å². The predicted molar refractivity (Wildman–Crippen MR) is 105 cm³/mol. The Balaban J connectivity index is 1.67. The minimum atomic E-state index is -0.00684. The van der Waals surface area contributed by atoms with Crippen molar-refractivity contribution in [3.05, 3.63) is 35.9 Å². The predicted octanol–water partition coefficient (Wildman–Crippen LogP) is 3.86. The molecule has 1 amide bonds. The molecule has 2 aliphatic rings. The Bertz CT molecular complexity index is 601. The first-order valence-electron chi connectivity index (χ1n) is 9.68. The lowest BCUT2D eigenvalue weighted by molar-refractivity contribution is -0.137. The van der Waals surface area contributed by atoms with Crippen LogP contribution in [0.2, 0.25) is 0 Å². The molecule has 1 aliphatic carbocycles. The number of Topliss-reactive ketones (excluding diaryl/α,β-unsaturated/α-hetero) is 1. The maximum Gasteiger partial charge on any atom is 0.230 e. The fraction of sp³-hybridized carbons (Fsp3) is 0.619. The molecule has 3 rings (SSSR count). The molecule has 1 saturated carbocycles. The summed E-state index contributed by atoms with van der Waals surface area (Å²) in [5.74, 6) is 1.29. The van der Waals surface area contributed by atoms with Crippen molar-refractivity contribution in [3.8, 4) is 0 Å². The SMILES string of the molecule is COCC(c1ccccc1)C1SCCN1C(=O)CC(=O)C1CCCCC1. The number of nitrogens with zero attached hydrogens (tertiary/aromatic N) is 1. The van der Waals surface area contributed by atoms with Gasteiger partial charge in [0, 0.05) is 31.2 Å². The van der Waals surface area contributed by atoms with Crippen LogP contribution in [0.1, 0.15) is 50.0 Å². The van der Waals surface area contributed by atoms with Crippen LogP contribution in [-0.2, 0) is 14.3 Å². The number of carbonyl (C=O) groups excluding carboxylic acids is 2. The highest BCUT2D eigenvalue weighted by Gasteiger charge is 2.37. The number of methoxy groups -OCH3 is 1. The summed E-state index contributed by atoms with van der Waals surface area (Å²) in [5.41, 5.74) is 1.19. The molecule has 0 N–H and O–H groups in total. The smallest absolute Gasteiger partial charge is 0.230 e. The van der Waals surface area contributed by atoms with Crippen LogP contribution >= 0.6 is 11.8 Å². The Morgan fingerprint density at radius 1 is 1.19 bits per heavy atom. The first kappa shape index (κ1) is 19.4. The lowest BCUT2D eigenvalue weighted by atomic mass is 9.85. The van der Waals surface area contributed by atoms with Crippen molar-refractivity contribution in [3.63, 3.8) is 0 Å². The molecule has 1 aliphatic heterocycles. The fourth-order valence-electron chi connectivity index (χ4n) is 4.13. The van der Waals surface area contributed by atoms with Crippen molar-refractivity contribution in [1.82, 2.24) is 4.90 Å². The molecule has 1 heterocycles. The van der Waals surface area contributed by atoms with Crippen molar-refractivity contribution < 1.29 is 14.3 Å². The zero-order valence-electron chi connectivity index (χ0n) is 15.6. The first-order chi connectivity index (χ1) is 12.7. The molecule has 1 aromatic rings. The van der Waals surface area contributed by atoms with Gasteiger partial charge in [-0.05, 0) is 18.4 Å². The zero-order valence-corrected chi connectivity index (χ0v) is 16.4. The summed E-state index contributed by atoms with van der Waals surface area (Å²) in [5, 5.41) is 0.0454. The average molecular weight is 376 g/mol. The number of hydrogen-bond acceptors (Lipinski definition) is 4. The molecule has 0 aromatic heterocycles. The molecule has 1 saturated heterocycles. The van der Waals surface area contributed by atoms with Crippen LogP contribution in [0, 0.1) is 5.92 Å². The topological polar surface area (TPSA) is 46.6 Å². The summed E-state index contributed by atoms with van der Waals surface area (Å²) in [6.07, 6.45) is 5.45. The molecule has 4 nitrogen and oxygen atoms in total. The van der Waals surface area contributed by atoms with E-state index in [9.17, 15) is 9.59 Å². The number of ketones is 1. The number of hydrogen-bond donors (Lipinski definition) is 0. The minimum Gasteiger partial charge on any atom is -0.384 e. The van der Waals surface area contributed by atoms with Gasteiger partial charge in [-0.3, -0.25) is 9.59 Å². The summed E-state index contributed by atoms with van der Waals surface area (Å²) in [6.45, 7) is 1.29. The largest absolute Gasteiger partial charge is 0.384 e. The van der Waals surface area contributed by atoms with E-state index < -0.39 is 0 Å². The molecule has 2 fully saturated rings. The summed E-state index contributed by atoms with van der Waals surface area (Å²) in [7, 11) is 1.70. The van der Waals surface area contributed by atoms with Gasteiger partial charge in [0.25, 0.3) is 0 Å². The van der Waals surface area contributed by atoms with Gasteiger partial charge in [-0.2, -0.15) is 0 Å². The highest BCUT2D eigenvalue weighted by atomic mass is 32.2. The standard InChI is InChI=1S/C21H29NO3S/c1-25-15-18(16-8-4-2-5-9-16)21-22(12-13-26-21)20(24)14-19(23)17-10-6-3-7-11-17/h2,4-5,8-9,17-18,21H,3,6-7,10-15H2,1H3. The molecule has 2 atom stereocenters. The number of ether oxygens (including phenoxy) is 1. The van der Waals surface area contributed by atoms with Gasteiger partial charge in [-0.15, -0.1) is 11.8 Å². The van der Waals surface area contributed by atoms with Crippen molar-refractivity contribution in [2.24, 2.45) is 5.92 Å². The summed E-state index contributed by atoms with van der Waals surface area (Å²) >= 11 is 1.80. The van der Waals surface area contributed by atoms with E-state index in [1.54, 1.807) is 18.9 Å². The molecule has 26 heavy (non-hydrogen) atoms. The van der Waals surface area contributed by atoms with Crippen LogP contribution in [0.5, 0.6) is 0 Å². The Labute approximate surface area is 160 Å². The molecule has 0 spiro atoms. The van der Waals surface area contributed by atoms with E-state index in [4.69, 9.17) is 4.74 Å². The maximum atomic E-state index is 12.9. The molecule has 142 valence electrons. The third-order valence-corrected chi connectivity index (χ3v) is 6.90. The third kappa shape index (κ3) is 4.68. The van der Waals surface area contributed by atoms with Crippen LogP contribution in [0.15, 0.2) is 30.3 Å².